The van der Waals surface area contributed by atoms with Gasteiger partial charge in [-0.1, -0.05) is 88.4 Å². The summed E-state index contributed by atoms with van der Waals surface area (Å²) in [7, 11) is 0. The zero-order chi connectivity index (χ0) is 24.9. The first-order valence-corrected chi connectivity index (χ1v) is 11.7. The molecule has 7 nitrogen and oxygen atoms in total. The minimum Gasteiger partial charge on any atom is -0.459 e. The monoisotopic (exact) mass is 468 g/mol. The predicted octanol–water partition coefficient (Wildman–Crippen LogP) is 4.60. The number of benzene rings is 2. The highest BCUT2D eigenvalue weighted by Crippen LogP contribution is 2.11. The molecule has 2 aromatic rings. The molecule has 0 saturated carbocycles. The van der Waals surface area contributed by atoms with Crippen molar-refractivity contribution in [1.82, 2.24) is 10.6 Å². The Morgan fingerprint density at radius 2 is 1.00 bits per heavy atom. The smallest absolute Gasteiger partial charge is 0.329 e. The molecule has 0 spiro atoms. The van der Waals surface area contributed by atoms with E-state index in [-0.39, 0.29) is 25.0 Å². The molecule has 2 rings (SSSR count). The van der Waals surface area contributed by atoms with Crippen LogP contribution in [0.2, 0.25) is 0 Å². The van der Waals surface area contributed by atoms with Gasteiger partial charge in [-0.05, 0) is 35.8 Å². The highest BCUT2D eigenvalue weighted by Gasteiger charge is 2.28. The molecule has 7 heteroatoms. The lowest BCUT2D eigenvalue weighted by molar-refractivity contribution is -0.147. The van der Waals surface area contributed by atoms with Crippen LogP contribution in [0.5, 0.6) is 0 Å². The van der Waals surface area contributed by atoms with Crippen LogP contribution >= 0.6 is 0 Å². The van der Waals surface area contributed by atoms with Gasteiger partial charge in [-0.3, -0.25) is 0 Å². The van der Waals surface area contributed by atoms with Gasteiger partial charge in [0.2, 0.25) is 0 Å². The number of urea groups is 1. The summed E-state index contributed by atoms with van der Waals surface area (Å²) in [5.41, 5.74) is 1.73. The number of amides is 2. The van der Waals surface area contributed by atoms with Gasteiger partial charge in [-0.2, -0.15) is 0 Å². The minimum atomic E-state index is -0.830. The van der Waals surface area contributed by atoms with Crippen LogP contribution in [-0.4, -0.2) is 30.1 Å². The maximum Gasteiger partial charge on any atom is 0.329 e. The van der Waals surface area contributed by atoms with E-state index in [1.807, 2.05) is 88.4 Å². The van der Waals surface area contributed by atoms with Crippen molar-refractivity contribution in [1.29, 1.82) is 0 Å². The summed E-state index contributed by atoms with van der Waals surface area (Å²) in [5.74, 6) is -0.728. The predicted molar refractivity (Wildman–Crippen MR) is 131 cm³/mol. The number of carbonyl (C=O) groups is 3. The number of nitrogens with one attached hydrogen (secondary N) is 2. The highest BCUT2D eigenvalue weighted by atomic mass is 16.5. The average Bonchev–Trinajstić information content (AvgIpc) is 2.81. The summed E-state index contributed by atoms with van der Waals surface area (Å²) in [6, 6.07) is 16.4. The molecule has 2 N–H and O–H groups in total. The van der Waals surface area contributed by atoms with E-state index in [4.69, 9.17) is 9.47 Å². The summed E-state index contributed by atoms with van der Waals surface area (Å²) in [6.45, 7) is 8.08. The zero-order valence-electron chi connectivity index (χ0n) is 20.5. The molecule has 0 bridgehead atoms. The number of esters is 2. The van der Waals surface area contributed by atoms with Gasteiger partial charge in [-0.25, -0.2) is 14.4 Å². The fraction of sp³-hybridized carbons (Fsp3) is 0.444. The summed E-state index contributed by atoms with van der Waals surface area (Å²) in [5, 5.41) is 5.37. The Morgan fingerprint density at radius 3 is 1.32 bits per heavy atom. The van der Waals surface area contributed by atoms with Crippen LogP contribution in [0.1, 0.15) is 51.7 Å². The van der Waals surface area contributed by atoms with Gasteiger partial charge in [0, 0.05) is 0 Å². The molecule has 2 aromatic carbocycles. The summed E-state index contributed by atoms with van der Waals surface area (Å²) < 4.78 is 10.8. The Morgan fingerprint density at radius 1 is 0.647 bits per heavy atom. The van der Waals surface area contributed by atoms with Crippen molar-refractivity contribution >= 4 is 18.0 Å². The maximum atomic E-state index is 12.7. The van der Waals surface area contributed by atoms with E-state index in [1.54, 1.807) is 0 Å². The zero-order valence-corrected chi connectivity index (χ0v) is 20.5. The molecule has 0 aromatic heterocycles. The lowest BCUT2D eigenvalue weighted by Gasteiger charge is -2.23. The number of rotatable bonds is 12. The van der Waals surface area contributed by atoms with Crippen LogP contribution in [0, 0.1) is 11.8 Å². The molecular weight excluding hydrogens is 432 g/mol. The molecule has 184 valence electrons. The fourth-order valence-electron chi connectivity index (χ4n) is 3.39. The van der Waals surface area contributed by atoms with Crippen LogP contribution < -0.4 is 10.6 Å². The summed E-state index contributed by atoms with van der Waals surface area (Å²) >= 11 is 0. The van der Waals surface area contributed by atoms with E-state index < -0.39 is 30.1 Å². The highest BCUT2D eigenvalue weighted by molar-refractivity contribution is 5.87. The second kappa shape index (κ2) is 14.0. The molecule has 34 heavy (non-hydrogen) atoms. The van der Waals surface area contributed by atoms with Crippen LogP contribution in [0.25, 0.3) is 0 Å². The van der Waals surface area contributed by atoms with Gasteiger partial charge in [0.25, 0.3) is 0 Å². The summed E-state index contributed by atoms with van der Waals surface area (Å²) in [4.78, 5) is 38.1. The first-order valence-electron chi connectivity index (χ1n) is 11.7. The molecule has 2 atom stereocenters. The van der Waals surface area contributed by atoms with E-state index in [9.17, 15) is 14.4 Å². The average molecular weight is 469 g/mol. The van der Waals surface area contributed by atoms with Crippen molar-refractivity contribution in [3.05, 3.63) is 71.8 Å². The van der Waals surface area contributed by atoms with Gasteiger partial charge in [0.1, 0.15) is 25.3 Å². The van der Waals surface area contributed by atoms with Crippen LogP contribution in [-0.2, 0) is 32.3 Å². The number of carbonyl (C=O) groups excluding carboxylic acids is 3. The molecular formula is C27H36N2O5. The van der Waals surface area contributed by atoms with Crippen molar-refractivity contribution in [3.63, 3.8) is 0 Å². The maximum absolute atomic E-state index is 12.7. The van der Waals surface area contributed by atoms with Gasteiger partial charge < -0.3 is 20.1 Å². The van der Waals surface area contributed by atoms with Crippen LogP contribution in [0.4, 0.5) is 4.79 Å². The third-order valence-corrected chi connectivity index (χ3v) is 5.04. The molecule has 0 saturated heterocycles. The van der Waals surface area contributed by atoms with Crippen LogP contribution in [0.3, 0.4) is 0 Å². The molecule has 0 radical (unpaired) electrons. The Kier molecular flexibility index (Phi) is 11.1. The normalized spacial score (nSPS) is 12.6. The summed E-state index contributed by atoms with van der Waals surface area (Å²) in [6.07, 6.45) is 0.822. The van der Waals surface area contributed by atoms with Crippen molar-refractivity contribution < 1.29 is 23.9 Å². The van der Waals surface area contributed by atoms with Gasteiger partial charge >= 0.3 is 18.0 Å². The molecule has 0 aliphatic carbocycles. The number of ether oxygens (including phenoxy) is 2. The Balaban J connectivity index is 1.96. The largest absolute Gasteiger partial charge is 0.459 e. The van der Waals surface area contributed by atoms with Gasteiger partial charge in [-0.15, -0.1) is 0 Å². The minimum absolute atomic E-state index is 0.124. The van der Waals surface area contributed by atoms with E-state index >= 15 is 0 Å². The van der Waals surface area contributed by atoms with E-state index in [0.29, 0.717) is 12.8 Å². The van der Waals surface area contributed by atoms with E-state index in [2.05, 4.69) is 10.6 Å². The second-order valence-corrected chi connectivity index (χ2v) is 9.17. The number of hydrogen-bond acceptors (Lipinski definition) is 5. The molecule has 0 aliphatic heterocycles. The standard InChI is InChI=1S/C27H36N2O5/c1-19(2)15-23(25(30)33-17-21-11-7-5-8-12-21)28-27(32)29-24(16-20(3)4)26(31)34-18-22-13-9-6-10-14-22/h5-14,19-20,23-24H,15-18H2,1-4H3,(H2,28,29,32)/t23-,24-/m0/s1. The third kappa shape index (κ3) is 10.1. The lowest BCUT2D eigenvalue weighted by Crippen LogP contribution is -2.52. The van der Waals surface area contributed by atoms with Crippen molar-refractivity contribution in [3.8, 4) is 0 Å². The van der Waals surface area contributed by atoms with Gasteiger partial charge in [0.05, 0.1) is 0 Å². The Labute approximate surface area is 202 Å². The Bertz CT molecular complexity index is 826. The van der Waals surface area contributed by atoms with E-state index in [0.717, 1.165) is 11.1 Å². The third-order valence-electron chi connectivity index (χ3n) is 5.04. The first-order chi connectivity index (χ1) is 16.2. The molecule has 0 heterocycles. The number of hydrogen-bond donors (Lipinski definition) is 2. The first kappa shape index (κ1) is 26.9. The second-order valence-electron chi connectivity index (χ2n) is 9.17. The van der Waals surface area contributed by atoms with Gasteiger partial charge in [0.15, 0.2) is 0 Å². The molecule has 0 unspecified atom stereocenters. The molecule has 0 aliphatic rings. The van der Waals surface area contributed by atoms with Crippen LogP contribution in [0.15, 0.2) is 60.7 Å². The van der Waals surface area contributed by atoms with E-state index in [1.165, 1.54) is 0 Å². The quantitative estimate of drug-likeness (QED) is 0.444. The molecule has 2 amide bonds. The fourth-order valence-corrected chi connectivity index (χ4v) is 3.39. The lowest BCUT2D eigenvalue weighted by atomic mass is 10.0. The van der Waals surface area contributed by atoms with Crippen molar-refractivity contribution in [2.75, 3.05) is 0 Å². The van der Waals surface area contributed by atoms with Crippen molar-refractivity contribution in [2.45, 2.75) is 65.8 Å². The van der Waals surface area contributed by atoms with Crippen molar-refractivity contribution in [2.24, 2.45) is 11.8 Å². The molecule has 0 fully saturated rings. The Hall–Kier alpha value is -3.35. The SMILES string of the molecule is CC(C)C[C@H](NC(=O)N[C@@H](CC(C)C)C(=O)OCc1ccccc1)C(=O)OCc1ccccc1. The topological polar surface area (TPSA) is 93.7 Å².